The Morgan fingerprint density at radius 2 is 1.83 bits per heavy atom. The van der Waals surface area contributed by atoms with E-state index in [0.717, 1.165) is 11.8 Å². The van der Waals surface area contributed by atoms with E-state index in [2.05, 4.69) is 4.74 Å². The molecular formula is C12H20O5S. The molecular weight excluding hydrogens is 256 g/mol. The number of methoxy groups -OCH3 is 1. The monoisotopic (exact) mass is 276 g/mol. The second-order valence-electron chi connectivity index (χ2n) is 4.24. The highest BCUT2D eigenvalue weighted by Gasteiger charge is 2.29. The molecule has 0 rings (SSSR count). The molecule has 0 heterocycles. The summed E-state index contributed by atoms with van der Waals surface area (Å²) in [6, 6.07) is 0. The van der Waals surface area contributed by atoms with E-state index in [0.29, 0.717) is 5.75 Å². The highest BCUT2D eigenvalue weighted by molar-refractivity contribution is 8.13. The van der Waals surface area contributed by atoms with Gasteiger partial charge in [-0.1, -0.05) is 18.7 Å². The lowest BCUT2D eigenvalue weighted by Gasteiger charge is -2.18. The summed E-state index contributed by atoms with van der Waals surface area (Å²) in [7, 11) is 1.22. The van der Waals surface area contributed by atoms with Crippen LogP contribution >= 0.6 is 11.8 Å². The van der Waals surface area contributed by atoms with Gasteiger partial charge in [-0.2, -0.15) is 0 Å². The van der Waals surface area contributed by atoms with Crippen molar-refractivity contribution in [3.8, 4) is 0 Å². The first-order valence-corrected chi connectivity index (χ1v) is 6.70. The summed E-state index contributed by atoms with van der Waals surface area (Å²) in [6.45, 7) is 4.59. The molecule has 0 spiro atoms. The van der Waals surface area contributed by atoms with E-state index in [-0.39, 0.29) is 23.2 Å². The molecule has 3 atom stereocenters. The fraction of sp³-hybridized carbons (Fsp3) is 0.750. The Balaban J connectivity index is 4.41. The summed E-state index contributed by atoms with van der Waals surface area (Å²) in [5, 5.41) is 9.40. The lowest BCUT2D eigenvalue weighted by Crippen LogP contribution is -2.31. The van der Waals surface area contributed by atoms with Crippen LogP contribution in [0.1, 0.15) is 27.2 Å². The molecule has 0 aliphatic rings. The Bertz CT molecular complexity index is 314. The molecule has 0 saturated carbocycles. The molecule has 5 nitrogen and oxygen atoms in total. The van der Waals surface area contributed by atoms with Gasteiger partial charge in [0.15, 0.2) is 5.12 Å². The molecule has 0 amide bonds. The Kier molecular flexibility index (Phi) is 7.86. The maximum absolute atomic E-state index is 11.8. The predicted octanol–water partition coefficient (Wildman–Crippen LogP) is 1.03. The summed E-state index contributed by atoms with van der Waals surface area (Å²) in [5.41, 5.74) is 0. The maximum atomic E-state index is 11.8. The third kappa shape index (κ3) is 6.16. The number of hydrogen-bond donors (Lipinski definition) is 1. The number of hydrogen-bond acceptors (Lipinski definition) is 6. The number of carbonyl (C=O) groups is 3. The van der Waals surface area contributed by atoms with Gasteiger partial charge < -0.3 is 9.84 Å². The second kappa shape index (κ2) is 8.26. The van der Waals surface area contributed by atoms with Gasteiger partial charge in [0.05, 0.1) is 19.1 Å². The first-order chi connectivity index (χ1) is 8.29. The standard InChI is InChI=1S/C12H20O5S/c1-7(6-18-9(3)14)11(15)5-10(8(2)13)12(16)17-4/h7-8,10,13H,5-6H2,1-4H3/t7-,8+,10-/m0/s1. The molecule has 0 aliphatic carbocycles. The van der Waals surface area contributed by atoms with Gasteiger partial charge in [0.25, 0.3) is 0 Å². The zero-order valence-corrected chi connectivity index (χ0v) is 12.0. The molecule has 0 aliphatic heterocycles. The molecule has 1 N–H and O–H groups in total. The smallest absolute Gasteiger partial charge is 0.311 e. The lowest BCUT2D eigenvalue weighted by atomic mass is 9.93. The topological polar surface area (TPSA) is 80.7 Å². The third-order valence-corrected chi connectivity index (χ3v) is 3.67. The fourth-order valence-electron chi connectivity index (χ4n) is 1.36. The van der Waals surface area contributed by atoms with Crippen molar-refractivity contribution in [2.75, 3.05) is 12.9 Å². The zero-order valence-electron chi connectivity index (χ0n) is 11.1. The van der Waals surface area contributed by atoms with Crippen molar-refractivity contribution in [1.29, 1.82) is 0 Å². The van der Waals surface area contributed by atoms with Crippen LogP contribution in [0.2, 0.25) is 0 Å². The molecule has 0 radical (unpaired) electrons. The van der Waals surface area contributed by atoms with Gasteiger partial charge in [0.2, 0.25) is 0 Å². The minimum absolute atomic E-state index is 0.0466. The summed E-state index contributed by atoms with van der Waals surface area (Å²) >= 11 is 1.08. The molecule has 18 heavy (non-hydrogen) atoms. The van der Waals surface area contributed by atoms with E-state index in [1.54, 1.807) is 6.92 Å². The van der Waals surface area contributed by atoms with Crippen molar-refractivity contribution in [2.45, 2.75) is 33.3 Å². The summed E-state index contributed by atoms with van der Waals surface area (Å²) in [6.07, 6.45) is -1.00. The maximum Gasteiger partial charge on any atom is 0.311 e. The van der Waals surface area contributed by atoms with Gasteiger partial charge in [-0.25, -0.2) is 0 Å². The Labute approximate surface area is 111 Å². The van der Waals surface area contributed by atoms with Gasteiger partial charge in [0.1, 0.15) is 5.78 Å². The molecule has 0 aromatic heterocycles. The number of Topliss-reactive ketones (excluding diaryl/α,β-unsaturated/α-hetero) is 1. The van der Waals surface area contributed by atoms with Crippen LogP contribution in [-0.4, -0.2) is 40.9 Å². The number of rotatable bonds is 7. The van der Waals surface area contributed by atoms with Crippen LogP contribution in [0.5, 0.6) is 0 Å². The van der Waals surface area contributed by atoms with Crippen LogP contribution in [-0.2, 0) is 19.1 Å². The summed E-state index contributed by atoms with van der Waals surface area (Å²) in [4.78, 5) is 34.0. The third-order valence-electron chi connectivity index (χ3n) is 2.59. The van der Waals surface area contributed by atoms with Gasteiger partial charge in [0, 0.05) is 25.0 Å². The van der Waals surface area contributed by atoms with Crippen LogP contribution < -0.4 is 0 Å². The van der Waals surface area contributed by atoms with Gasteiger partial charge in [-0.05, 0) is 6.92 Å². The summed E-state index contributed by atoms with van der Waals surface area (Å²) in [5.74, 6) is -1.52. The van der Waals surface area contributed by atoms with Crippen molar-refractivity contribution in [3.63, 3.8) is 0 Å². The number of ketones is 1. The first kappa shape index (κ1) is 17.1. The molecule has 0 unspecified atom stereocenters. The van der Waals surface area contributed by atoms with E-state index < -0.39 is 18.0 Å². The Morgan fingerprint density at radius 3 is 2.22 bits per heavy atom. The fourth-order valence-corrected chi connectivity index (χ4v) is 2.03. The van der Waals surface area contributed by atoms with Gasteiger partial charge >= 0.3 is 5.97 Å². The highest BCUT2D eigenvalue weighted by Crippen LogP contribution is 2.18. The lowest BCUT2D eigenvalue weighted by molar-refractivity contribution is -0.151. The van der Waals surface area contributed by atoms with Crippen molar-refractivity contribution in [3.05, 3.63) is 0 Å². The number of carbonyl (C=O) groups excluding carboxylic acids is 3. The van der Waals surface area contributed by atoms with Crippen LogP contribution in [0.3, 0.4) is 0 Å². The average Bonchev–Trinajstić information content (AvgIpc) is 2.30. The molecule has 104 valence electrons. The van der Waals surface area contributed by atoms with Crippen molar-refractivity contribution >= 4 is 28.6 Å². The number of esters is 1. The van der Waals surface area contributed by atoms with Crippen molar-refractivity contribution < 1.29 is 24.2 Å². The number of aliphatic hydroxyl groups excluding tert-OH is 1. The van der Waals surface area contributed by atoms with E-state index in [1.165, 1.54) is 21.0 Å². The molecule has 0 fully saturated rings. The van der Waals surface area contributed by atoms with Crippen LogP contribution in [0.4, 0.5) is 0 Å². The number of thioether (sulfide) groups is 1. The minimum atomic E-state index is -0.936. The van der Waals surface area contributed by atoms with Crippen LogP contribution in [0.15, 0.2) is 0 Å². The van der Waals surface area contributed by atoms with E-state index in [9.17, 15) is 19.5 Å². The van der Waals surface area contributed by atoms with Gasteiger partial charge in [-0.15, -0.1) is 0 Å². The van der Waals surface area contributed by atoms with Crippen molar-refractivity contribution in [1.82, 2.24) is 0 Å². The Hall–Kier alpha value is -0.880. The predicted molar refractivity (Wildman–Crippen MR) is 69.1 cm³/mol. The number of ether oxygens (including phenoxy) is 1. The zero-order chi connectivity index (χ0) is 14.3. The van der Waals surface area contributed by atoms with E-state index in [1.807, 2.05) is 0 Å². The molecule has 0 bridgehead atoms. The number of aliphatic hydroxyl groups is 1. The molecule has 0 saturated heterocycles. The highest BCUT2D eigenvalue weighted by atomic mass is 32.2. The van der Waals surface area contributed by atoms with E-state index >= 15 is 0 Å². The van der Waals surface area contributed by atoms with Crippen molar-refractivity contribution in [2.24, 2.45) is 11.8 Å². The largest absolute Gasteiger partial charge is 0.469 e. The minimum Gasteiger partial charge on any atom is -0.469 e. The van der Waals surface area contributed by atoms with Crippen LogP contribution in [0.25, 0.3) is 0 Å². The average molecular weight is 276 g/mol. The SMILES string of the molecule is COC(=O)[C@@H](CC(=O)[C@@H](C)CSC(C)=O)[C@@H](C)O. The van der Waals surface area contributed by atoms with Crippen LogP contribution in [0, 0.1) is 11.8 Å². The van der Waals surface area contributed by atoms with Gasteiger partial charge in [-0.3, -0.25) is 14.4 Å². The molecule has 0 aromatic carbocycles. The van der Waals surface area contributed by atoms with E-state index in [4.69, 9.17) is 0 Å². The molecule has 0 aromatic rings. The Morgan fingerprint density at radius 1 is 1.28 bits per heavy atom. The summed E-state index contributed by atoms with van der Waals surface area (Å²) < 4.78 is 4.54. The molecule has 6 heteroatoms. The first-order valence-electron chi connectivity index (χ1n) is 5.71. The second-order valence-corrected chi connectivity index (χ2v) is 5.44. The normalized spacial score (nSPS) is 15.6. The quantitative estimate of drug-likeness (QED) is 0.700.